The summed E-state index contributed by atoms with van der Waals surface area (Å²) in [6.07, 6.45) is 2.34. The van der Waals surface area contributed by atoms with Crippen molar-refractivity contribution in [3.8, 4) is 11.8 Å². The fourth-order valence-corrected chi connectivity index (χ4v) is 2.06. The minimum absolute atomic E-state index is 0.921. The van der Waals surface area contributed by atoms with E-state index in [0.29, 0.717) is 0 Å². The van der Waals surface area contributed by atoms with E-state index in [1.165, 1.54) is 24.0 Å². The van der Waals surface area contributed by atoms with Crippen LogP contribution in [0.2, 0.25) is 0 Å². The standard InChI is InChI=1S/C14H17N/c1-2-3-10-15-11-8-13-6-4-5-7-14(13)9-12-15/h4-7H,8-12H2,1H3. The predicted molar refractivity (Wildman–Crippen MR) is 63.7 cm³/mol. The van der Waals surface area contributed by atoms with Crippen LogP contribution in [0.1, 0.15) is 18.1 Å². The van der Waals surface area contributed by atoms with E-state index in [1.807, 2.05) is 6.92 Å². The molecular formula is C14H17N. The minimum atomic E-state index is 0.921. The van der Waals surface area contributed by atoms with Crippen LogP contribution in [0.25, 0.3) is 0 Å². The van der Waals surface area contributed by atoms with Gasteiger partial charge in [0.05, 0.1) is 6.54 Å². The summed E-state index contributed by atoms with van der Waals surface area (Å²) in [6, 6.07) is 8.79. The van der Waals surface area contributed by atoms with Gasteiger partial charge in [0.15, 0.2) is 0 Å². The van der Waals surface area contributed by atoms with Crippen LogP contribution in [0.4, 0.5) is 0 Å². The van der Waals surface area contributed by atoms with Crippen molar-refractivity contribution in [1.29, 1.82) is 0 Å². The third-order valence-electron chi connectivity index (χ3n) is 2.99. The average Bonchev–Trinajstić information content (AvgIpc) is 2.49. The Morgan fingerprint density at radius 3 is 2.27 bits per heavy atom. The van der Waals surface area contributed by atoms with E-state index in [-0.39, 0.29) is 0 Å². The first-order valence-corrected chi connectivity index (χ1v) is 5.59. The Hall–Kier alpha value is -1.26. The largest absolute Gasteiger partial charge is 0.292 e. The van der Waals surface area contributed by atoms with Gasteiger partial charge in [-0.25, -0.2) is 0 Å². The number of nitrogens with zero attached hydrogens (tertiary/aromatic N) is 1. The van der Waals surface area contributed by atoms with Crippen LogP contribution < -0.4 is 0 Å². The smallest absolute Gasteiger partial charge is 0.0601 e. The average molecular weight is 199 g/mol. The lowest BCUT2D eigenvalue weighted by Gasteiger charge is -2.15. The predicted octanol–water partition coefficient (Wildman–Crippen LogP) is 2.11. The summed E-state index contributed by atoms with van der Waals surface area (Å²) in [6.45, 7) is 5.12. The van der Waals surface area contributed by atoms with Gasteiger partial charge in [0, 0.05) is 13.1 Å². The molecule has 1 heteroatoms. The summed E-state index contributed by atoms with van der Waals surface area (Å²) in [7, 11) is 0. The summed E-state index contributed by atoms with van der Waals surface area (Å²) >= 11 is 0. The van der Waals surface area contributed by atoms with E-state index in [2.05, 4.69) is 41.0 Å². The second-order valence-electron chi connectivity index (χ2n) is 3.97. The number of benzene rings is 1. The van der Waals surface area contributed by atoms with Crippen molar-refractivity contribution in [1.82, 2.24) is 4.90 Å². The molecule has 1 aliphatic heterocycles. The lowest BCUT2D eigenvalue weighted by molar-refractivity contribution is 0.323. The van der Waals surface area contributed by atoms with E-state index in [4.69, 9.17) is 0 Å². The first-order valence-electron chi connectivity index (χ1n) is 5.59. The van der Waals surface area contributed by atoms with Crippen LogP contribution in [0.3, 0.4) is 0 Å². The second-order valence-corrected chi connectivity index (χ2v) is 3.97. The molecule has 0 N–H and O–H groups in total. The molecule has 0 aromatic heterocycles. The topological polar surface area (TPSA) is 3.24 Å². The van der Waals surface area contributed by atoms with Crippen LogP contribution in [0, 0.1) is 11.8 Å². The summed E-state index contributed by atoms with van der Waals surface area (Å²) in [5.74, 6) is 6.11. The molecule has 1 heterocycles. The third-order valence-corrected chi connectivity index (χ3v) is 2.99. The molecule has 1 aromatic carbocycles. The van der Waals surface area contributed by atoms with Crippen molar-refractivity contribution in [2.75, 3.05) is 19.6 Å². The molecule has 2 rings (SSSR count). The lowest BCUT2D eigenvalue weighted by Crippen LogP contribution is -2.26. The van der Waals surface area contributed by atoms with Gasteiger partial charge >= 0.3 is 0 Å². The third kappa shape index (κ3) is 2.61. The van der Waals surface area contributed by atoms with E-state index >= 15 is 0 Å². The molecule has 1 aliphatic rings. The maximum atomic E-state index is 3.15. The monoisotopic (exact) mass is 199 g/mol. The Labute approximate surface area is 92.1 Å². The highest BCUT2D eigenvalue weighted by Gasteiger charge is 2.11. The Morgan fingerprint density at radius 1 is 1.13 bits per heavy atom. The van der Waals surface area contributed by atoms with Crippen LogP contribution in [0.15, 0.2) is 24.3 Å². The fraction of sp³-hybridized carbons (Fsp3) is 0.429. The van der Waals surface area contributed by atoms with Gasteiger partial charge in [0.25, 0.3) is 0 Å². The summed E-state index contributed by atoms with van der Waals surface area (Å²) < 4.78 is 0. The number of hydrogen-bond acceptors (Lipinski definition) is 1. The van der Waals surface area contributed by atoms with Gasteiger partial charge in [-0.05, 0) is 30.9 Å². The van der Waals surface area contributed by atoms with Gasteiger partial charge in [-0.1, -0.05) is 30.2 Å². The Bertz CT molecular complexity index is 357. The molecule has 1 nitrogen and oxygen atoms in total. The maximum Gasteiger partial charge on any atom is 0.0601 e. The van der Waals surface area contributed by atoms with Crippen molar-refractivity contribution in [2.24, 2.45) is 0 Å². The van der Waals surface area contributed by atoms with Crippen LogP contribution in [0.5, 0.6) is 0 Å². The van der Waals surface area contributed by atoms with E-state index in [9.17, 15) is 0 Å². The Kier molecular flexibility index (Phi) is 3.42. The van der Waals surface area contributed by atoms with Gasteiger partial charge in [0.1, 0.15) is 0 Å². The van der Waals surface area contributed by atoms with Gasteiger partial charge in [-0.2, -0.15) is 0 Å². The molecule has 0 unspecified atom stereocenters. The van der Waals surface area contributed by atoms with Crippen molar-refractivity contribution < 1.29 is 0 Å². The minimum Gasteiger partial charge on any atom is -0.292 e. The molecule has 1 aromatic rings. The van der Waals surface area contributed by atoms with Crippen molar-refractivity contribution in [2.45, 2.75) is 19.8 Å². The summed E-state index contributed by atoms with van der Waals surface area (Å²) in [5.41, 5.74) is 3.04. The zero-order valence-electron chi connectivity index (χ0n) is 9.29. The molecule has 0 fully saturated rings. The first-order chi connectivity index (χ1) is 7.40. The Balaban J connectivity index is 2.04. The molecule has 0 saturated heterocycles. The van der Waals surface area contributed by atoms with E-state index in [1.54, 1.807) is 0 Å². The number of fused-ring (bicyclic) bond motifs is 1. The molecule has 0 bridgehead atoms. The molecular weight excluding hydrogens is 182 g/mol. The quantitative estimate of drug-likeness (QED) is 0.626. The molecule has 15 heavy (non-hydrogen) atoms. The van der Waals surface area contributed by atoms with Gasteiger partial charge in [0.2, 0.25) is 0 Å². The number of rotatable bonds is 1. The molecule has 78 valence electrons. The van der Waals surface area contributed by atoms with Crippen LogP contribution in [-0.4, -0.2) is 24.5 Å². The van der Waals surface area contributed by atoms with Crippen molar-refractivity contribution in [3.05, 3.63) is 35.4 Å². The normalized spacial score (nSPS) is 16.1. The molecule has 0 radical (unpaired) electrons. The highest BCUT2D eigenvalue weighted by Crippen LogP contribution is 2.14. The summed E-state index contributed by atoms with van der Waals surface area (Å²) in [4.78, 5) is 2.44. The Morgan fingerprint density at radius 2 is 1.73 bits per heavy atom. The zero-order valence-corrected chi connectivity index (χ0v) is 9.29. The molecule has 0 spiro atoms. The van der Waals surface area contributed by atoms with E-state index in [0.717, 1.165) is 19.6 Å². The molecule has 0 aliphatic carbocycles. The fourth-order valence-electron chi connectivity index (χ4n) is 2.06. The molecule has 0 atom stereocenters. The van der Waals surface area contributed by atoms with Gasteiger partial charge in [-0.15, -0.1) is 5.92 Å². The van der Waals surface area contributed by atoms with Crippen LogP contribution in [-0.2, 0) is 12.8 Å². The number of hydrogen-bond donors (Lipinski definition) is 0. The van der Waals surface area contributed by atoms with Crippen LogP contribution >= 0.6 is 0 Å². The highest BCUT2D eigenvalue weighted by atomic mass is 15.1. The molecule has 0 saturated carbocycles. The van der Waals surface area contributed by atoms with Crippen molar-refractivity contribution >= 4 is 0 Å². The van der Waals surface area contributed by atoms with Crippen molar-refractivity contribution in [3.63, 3.8) is 0 Å². The zero-order chi connectivity index (χ0) is 10.5. The summed E-state index contributed by atoms with van der Waals surface area (Å²) in [5, 5.41) is 0. The van der Waals surface area contributed by atoms with Gasteiger partial charge in [-0.3, -0.25) is 4.90 Å². The highest BCUT2D eigenvalue weighted by molar-refractivity contribution is 5.28. The maximum absolute atomic E-state index is 3.15. The van der Waals surface area contributed by atoms with Gasteiger partial charge < -0.3 is 0 Å². The SMILES string of the molecule is CC#CCN1CCc2ccccc2CC1. The molecule has 0 amide bonds. The lowest BCUT2D eigenvalue weighted by atomic mass is 10.0. The first kappa shape index (κ1) is 10.3. The van der Waals surface area contributed by atoms with E-state index < -0.39 is 0 Å². The second kappa shape index (κ2) is 5.00.